The number of hydrogen-bond donors (Lipinski definition) is 0. The lowest BCUT2D eigenvalue weighted by Crippen LogP contribution is -2.40. The molecule has 2 aliphatic heterocycles. The molecule has 2 saturated heterocycles. The first kappa shape index (κ1) is 18.7. The number of nitrogens with zero attached hydrogens (tertiary/aromatic N) is 4. The van der Waals surface area contributed by atoms with E-state index in [0.717, 1.165) is 69.3 Å². The zero-order valence-electron chi connectivity index (χ0n) is 15.4. The fraction of sp³-hybridized carbons (Fsp3) is 0.833. The Morgan fingerprint density at radius 1 is 1.32 bits per heavy atom. The van der Waals surface area contributed by atoms with Gasteiger partial charge in [-0.1, -0.05) is 25.6 Å². The number of amides is 1. The van der Waals surface area contributed by atoms with Gasteiger partial charge in [-0.25, -0.2) is 0 Å². The highest BCUT2D eigenvalue weighted by atomic mass is 32.2. The van der Waals surface area contributed by atoms with Gasteiger partial charge in [0.1, 0.15) is 5.82 Å². The fourth-order valence-corrected chi connectivity index (χ4v) is 4.51. The molecule has 25 heavy (non-hydrogen) atoms. The molecule has 0 aliphatic carbocycles. The Morgan fingerprint density at radius 2 is 2.20 bits per heavy atom. The Balaban J connectivity index is 1.61. The molecule has 0 spiro atoms. The molecule has 2 fully saturated rings. The zero-order valence-corrected chi connectivity index (χ0v) is 16.3. The number of hydrogen-bond acceptors (Lipinski definition) is 5. The van der Waals surface area contributed by atoms with Gasteiger partial charge >= 0.3 is 0 Å². The molecule has 0 bridgehead atoms. The molecule has 6 nitrogen and oxygen atoms in total. The van der Waals surface area contributed by atoms with Crippen LogP contribution in [0.1, 0.15) is 51.8 Å². The van der Waals surface area contributed by atoms with Crippen molar-refractivity contribution in [3.05, 3.63) is 5.82 Å². The SMILES string of the molecule is CCCc1nnc(SCC(=O)N2CCC[C@@H](C)C2)n1C[C@@H]1CCCO1. The fourth-order valence-electron chi connectivity index (χ4n) is 3.64. The van der Waals surface area contributed by atoms with Gasteiger partial charge in [0, 0.05) is 26.1 Å². The number of aromatic nitrogens is 3. The summed E-state index contributed by atoms with van der Waals surface area (Å²) in [6.45, 7) is 7.82. The van der Waals surface area contributed by atoms with Crippen LogP contribution in [-0.2, 0) is 22.5 Å². The van der Waals surface area contributed by atoms with Crippen LogP contribution in [0, 0.1) is 5.92 Å². The zero-order chi connectivity index (χ0) is 17.6. The monoisotopic (exact) mass is 366 g/mol. The molecule has 0 radical (unpaired) electrons. The largest absolute Gasteiger partial charge is 0.376 e. The molecule has 2 atom stereocenters. The van der Waals surface area contributed by atoms with Crippen LogP contribution in [0.3, 0.4) is 0 Å². The summed E-state index contributed by atoms with van der Waals surface area (Å²) in [5.41, 5.74) is 0. The van der Waals surface area contributed by atoms with Gasteiger partial charge in [0.05, 0.1) is 18.4 Å². The molecule has 7 heteroatoms. The molecule has 1 amide bonds. The van der Waals surface area contributed by atoms with Crippen LogP contribution >= 0.6 is 11.8 Å². The lowest BCUT2D eigenvalue weighted by atomic mass is 10.0. The van der Waals surface area contributed by atoms with Crippen LogP contribution in [0.25, 0.3) is 0 Å². The van der Waals surface area contributed by atoms with E-state index in [4.69, 9.17) is 4.74 Å². The van der Waals surface area contributed by atoms with E-state index in [1.165, 1.54) is 18.2 Å². The number of carbonyl (C=O) groups is 1. The van der Waals surface area contributed by atoms with Gasteiger partial charge in [-0.3, -0.25) is 4.79 Å². The summed E-state index contributed by atoms with van der Waals surface area (Å²) in [6, 6.07) is 0. The third-order valence-corrected chi connectivity index (χ3v) is 5.96. The molecule has 1 aromatic heterocycles. The van der Waals surface area contributed by atoms with Gasteiger partial charge in [0.15, 0.2) is 5.16 Å². The summed E-state index contributed by atoms with van der Waals surface area (Å²) in [5.74, 6) is 2.30. The topological polar surface area (TPSA) is 60.2 Å². The average molecular weight is 367 g/mol. The molecule has 2 aliphatic rings. The molecule has 140 valence electrons. The van der Waals surface area contributed by atoms with Crippen LogP contribution in [0.5, 0.6) is 0 Å². The van der Waals surface area contributed by atoms with Crippen LogP contribution in [0.15, 0.2) is 5.16 Å². The highest BCUT2D eigenvalue weighted by molar-refractivity contribution is 7.99. The van der Waals surface area contributed by atoms with Crippen molar-refractivity contribution in [1.29, 1.82) is 0 Å². The second-order valence-corrected chi connectivity index (χ2v) is 8.21. The minimum Gasteiger partial charge on any atom is -0.376 e. The minimum absolute atomic E-state index is 0.222. The standard InChI is InChI=1S/C18H30N4O2S/c1-3-6-16-19-20-18(22(16)12-15-8-5-10-24-15)25-13-17(23)21-9-4-7-14(2)11-21/h14-15H,3-13H2,1-2H3/t14-,15+/m1/s1. The summed E-state index contributed by atoms with van der Waals surface area (Å²) >= 11 is 1.52. The number of aryl methyl sites for hydroxylation is 1. The van der Waals surface area contributed by atoms with Crippen molar-refractivity contribution in [1.82, 2.24) is 19.7 Å². The predicted octanol–water partition coefficient (Wildman–Crippen LogP) is 2.76. The van der Waals surface area contributed by atoms with E-state index in [2.05, 4.69) is 28.6 Å². The number of rotatable bonds is 7. The lowest BCUT2D eigenvalue weighted by Gasteiger charge is -2.30. The van der Waals surface area contributed by atoms with Crippen molar-refractivity contribution in [3.8, 4) is 0 Å². The van der Waals surface area contributed by atoms with E-state index in [-0.39, 0.29) is 12.0 Å². The number of carbonyl (C=O) groups excluding carboxylic acids is 1. The smallest absolute Gasteiger partial charge is 0.233 e. The van der Waals surface area contributed by atoms with E-state index in [0.29, 0.717) is 11.7 Å². The highest BCUT2D eigenvalue weighted by Crippen LogP contribution is 2.23. The van der Waals surface area contributed by atoms with Crippen LogP contribution in [0.4, 0.5) is 0 Å². The van der Waals surface area contributed by atoms with Crippen molar-refractivity contribution < 1.29 is 9.53 Å². The Labute approximate surface area is 154 Å². The normalized spacial score (nSPS) is 24.0. The number of thioether (sulfide) groups is 1. The second-order valence-electron chi connectivity index (χ2n) is 7.27. The van der Waals surface area contributed by atoms with Crippen molar-refractivity contribution in [2.75, 3.05) is 25.4 Å². The Bertz CT molecular complexity index is 571. The van der Waals surface area contributed by atoms with Gasteiger partial charge in [-0.05, 0) is 38.0 Å². The Kier molecular flexibility index (Phi) is 6.76. The maximum absolute atomic E-state index is 12.5. The Hall–Kier alpha value is -1.08. The summed E-state index contributed by atoms with van der Waals surface area (Å²) < 4.78 is 7.96. The van der Waals surface area contributed by atoms with Gasteiger partial charge < -0.3 is 14.2 Å². The first-order valence-corrected chi connectivity index (χ1v) is 10.6. The summed E-state index contributed by atoms with van der Waals surface area (Å²) in [4.78, 5) is 14.5. The summed E-state index contributed by atoms with van der Waals surface area (Å²) in [5, 5.41) is 9.58. The van der Waals surface area contributed by atoms with Crippen LogP contribution in [0.2, 0.25) is 0 Å². The van der Waals surface area contributed by atoms with E-state index >= 15 is 0 Å². The van der Waals surface area contributed by atoms with E-state index < -0.39 is 0 Å². The molecule has 3 rings (SSSR count). The third-order valence-electron chi connectivity index (χ3n) is 5.01. The van der Waals surface area contributed by atoms with E-state index in [1.807, 2.05) is 4.90 Å². The first-order valence-electron chi connectivity index (χ1n) is 9.61. The molecule has 0 unspecified atom stereocenters. The molecular weight excluding hydrogens is 336 g/mol. The third kappa shape index (κ3) is 4.97. The van der Waals surface area contributed by atoms with E-state index in [1.54, 1.807) is 0 Å². The van der Waals surface area contributed by atoms with Crippen molar-refractivity contribution in [2.45, 2.75) is 70.2 Å². The minimum atomic E-state index is 0.222. The predicted molar refractivity (Wildman–Crippen MR) is 98.7 cm³/mol. The Morgan fingerprint density at radius 3 is 2.92 bits per heavy atom. The first-order chi connectivity index (χ1) is 12.2. The van der Waals surface area contributed by atoms with Gasteiger partial charge in [-0.15, -0.1) is 10.2 Å². The molecular formula is C18H30N4O2S. The van der Waals surface area contributed by atoms with Crippen molar-refractivity contribution in [3.63, 3.8) is 0 Å². The van der Waals surface area contributed by atoms with Gasteiger partial charge in [0.25, 0.3) is 0 Å². The molecule has 0 N–H and O–H groups in total. The highest BCUT2D eigenvalue weighted by Gasteiger charge is 2.24. The molecule has 3 heterocycles. The van der Waals surface area contributed by atoms with E-state index in [9.17, 15) is 4.79 Å². The molecule has 0 aromatic carbocycles. The lowest BCUT2D eigenvalue weighted by molar-refractivity contribution is -0.130. The van der Waals surface area contributed by atoms with Crippen molar-refractivity contribution >= 4 is 17.7 Å². The summed E-state index contributed by atoms with van der Waals surface area (Å²) in [6.07, 6.45) is 6.78. The van der Waals surface area contributed by atoms with Crippen LogP contribution in [-0.4, -0.2) is 57.1 Å². The van der Waals surface area contributed by atoms with Crippen molar-refractivity contribution in [2.24, 2.45) is 5.92 Å². The van der Waals surface area contributed by atoms with Gasteiger partial charge in [-0.2, -0.15) is 0 Å². The summed E-state index contributed by atoms with van der Waals surface area (Å²) in [7, 11) is 0. The van der Waals surface area contributed by atoms with Crippen LogP contribution < -0.4 is 0 Å². The molecule has 0 saturated carbocycles. The van der Waals surface area contributed by atoms with Gasteiger partial charge in [0.2, 0.25) is 5.91 Å². The second kappa shape index (κ2) is 9.03. The number of ether oxygens (including phenoxy) is 1. The quantitative estimate of drug-likeness (QED) is 0.695. The number of piperidine rings is 1. The average Bonchev–Trinajstić information content (AvgIpc) is 3.24. The maximum Gasteiger partial charge on any atom is 0.233 e. The number of likely N-dealkylation sites (tertiary alicyclic amines) is 1. The molecule has 1 aromatic rings. The maximum atomic E-state index is 12.5.